The predicted molar refractivity (Wildman–Crippen MR) is 43.0 cm³/mol. The van der Waals surface area contributed by atoms with E-state index in [1.165, 1.54) is 0 Å². The summed E-state index contributed by atoms with van der Waals surface area (Å²) in [5, 5.41) is 0. The van der Waals surface area contributed by atoms with Gasteiger partial charge in [0.1, 0.15) is 0 Å². The third kappa shape index (κ3) is 1230. The Hall–Kier alpha value is 3.35. The third-order valence-corrected chi connectivity index (χ3v) is 0. The summed E-state index contributed by atoms with van der Waals surface area (Å²) < 4.78 is 138. The molecule has 0 radical (unpaired) electrons. The van der Waals surface area contributed by atoms with Crippen molar-refractivity contribution in [1.82, 2.24) is 0 Å². The van der Waals surface area contributed by atoms with E-state index in [4.69, 9.17) is 64.1 Å². The third-order valence-electron chi connectivity index (χ3n) is 0. The number of rotatable bonds is 0. The summed E-state index contributed by atoms with van der Waals surface area (Å²) in [6, 6.07) is 0. The van der Waals surface area contributed by atoms with Gasteiger partial charge in [-0.1, -0.05) is 0 Å². The molecule has 0 saturated carbocycles. The number of hydrogen-bond acceptors (Lipinski definition) is 16. The maximum atomic E-state index is 8.61. The molecule has 0 aromatic heterocycles. The Morgan fingerprint density at radius 1 is 0.304 bits per heavy atom. The Morgan fingerprint density at radius 2 is 0.304 bits per heavy atom. The molecule has 23 heteroatoms. The number of hydrogen-bond donors (Lipinski definition) is 0. The molecule has 0 spiro atoms. The van der Waals surface area contributed by atoms with Gasteiger partial charge in [0.15, 0.2) is 0 Å². The summed E-state index contributed by atoms with van der Waals surface area (Å²) in [6.45, 7) is 0. The molecule has 0 bridgehead atoms. The minimum atomic E-state index is -5.88. The fraction of sp³-hybridized carbons (Fsp3) is 0. The van der Waals surface area contributed by atoms with Gasteiger partial charge in [0.25, 0.3) is 0 Å². The molecule has 0 heterocycles. The summed E-state index contributed by atoms with van der Waals surface area (Å²) in [6.07, 6.45) is 0. The van der Waals surface area contributed by atoms with Gasteiger partial charge < -0.3 is 0 Å². The second kappa shape index (κ2) is 20.1. The van der Waals surface area contributed by atoms with Crippen LogP contribution in [0, 0.1) is 0 Å². The molecule has 0 unspecified atom stereocenters. The van der Waals surface area contributed by atoms with Crippen molar-refractivity contribution in [2.45, 2.75) is 0 Å². The van der Waals surface area contributed by atoms with E-state index in [9.17, 15) is 0 Å². The van der Waals surface area contributed by atoms with Crippen LogP contribution in [0.5, 0.6) is 0 Å². The minimum absolute atomic E-state index is 0. The van der Waals surface area contributed by atoms with Crippen molar-refractivity contribution in [2.75, 3.05) is 0 Å². The molecule has 0 N–H and O–H groups in total. The molecule has 0 aliphatic heterocycles. The molecule has 0 aliphatic carbocycles. The zero-order chi connectivity index (χ0) is 18.0. The molecule has 0 aromatic rings. The average molecular weight is 912 g/mol. The molecule has 23 heavy (non-hydrogen) atoms. The minimum Gasteiger partial charge on any atom is 4.00 e. The fourth-order valence-electron chi connectivity index (χ4n) is 0. The Bertz CT molecular complexity index is 292. The maximum absolute atomic E-state index is 8.61. The first-order valence-corrected chi connectivity index (χ1v) is 15.2. The topological polar surface area (TPSA) is 345 Å². The first-order valence-electron chi connectivity index (χ1n) is 2.92. The van der Waals surface area contributed by atoms with Crippen LogP contribution in [-0.4, -0.2) is 130 Å². The van der Waals surface area contributed by atoms with Gasteiger partial charge in [-0.25, -0.2) is 0 Å². The van der Waals surface area contributed by atoms with Crippen molar-refractivity contribution < 1.29 is 64.1 Å². The van der Waals surface area contributed by atoms with Crippen LogP contribution in [0.4, 0.5) is 0 Å². The molecule has 0 atom stereocenters. The molecular formula is As4O16Sn3. The molecule has 0 saturated heterocycles. The van der Waals surface area contributed by atoms with Crippen LogP contribution in [0.25, 0.3) is 0 Å². The molecule has 0 aliphatic rings. The fourth-order valence-corrected chi connectivity index (χ4v) is 0. The Balaban J connectivity index is -0.0000000284. The van der Waals surface area contributed by atoms with Gasteiger partial charge in [-0.2, -0.15) is 0 Å². The Kier molecular flexibility index (Phi) is 39.5. The quantitative estimate of drug-likeness (QED) is 0.204. The Labute approximate surface area is 191 Å². The van der Waals surface area contributed by atoms with Crippen LogP contribution in [-0.2, 0) is 15.0 Å². The van der Waals surface area contributed by atoms with Crippen molar-refractivity contribution >= 4 is 130 Å². The van der Waals surface area contributed by atoms with Gasteiger partial charge in [0.05, 0.1) is 0 Å². The summed E-state index contributed by atoms with van der Waals surface area (Å²) in [7, 11) is 0. The Morgan fingerprint density at radius 3 is 0.304 bits per heavy atom. The van der Waals surface area contributed by atoms with Crippen molar-refractivity contribution in [3.8, 4) is 0 Å². The van der Waals surface area contributed by atoms with Crippen LogP contribution >= 0.6 is 0 Å². The van der Waals surface area contributed by atoms with E-state index in [0.29, 0.717) is 0 Å². The van der Waals surface area contributed by atoms with Crippen LogP contribution in [0.1, 0.15) is 0 Å². The van der Waals surface area contributed by atoms with Gasteiger partial charge in [-0.3, -0.25) is 0 Å². The zero-order valence-corrected chi connectivity index (χ0v) is 25.9. The van der Waals surface area contributed by atoms with Crippen LogP contribution < -0.4 is 49.1 Å². The normalized spacial score (nSPS) is 10.3. The molecule has 0 rings (SSSR count). The second-order valence-corrected chi connectivity index (χ2v) is 9.30. The zero-order valence-electron chi connectivity index (χ0n) is 9.82. The van der Waals surface area contributed by atoms with E-state index in [1.54, 1.807) is 0 Å². The van der Waals surface area contributed by atoms with Crippen LogP contribution in [0.15, 0.2) is 0 Å². The van der Waals surface area contributed by atoms with Gasteiger partial charge in [-0.05, 0) is 0 Å². The van der Waals surface area contributed by atoms with E-state index in [2.05, 4.69) is 0 Å². The monoisotopic (exact) mass is 915 g/mol. The molecule has 0 amide bonds. The van der Waals surface area contributed by atoms with Gasteiger partial charge in [0, 0.05) is 0 Å². The van der Waals surface area contributed by atoms with Crippen LogP contribution in [0.3, 0.4) is 0 Å². The van der Waals surface area contributed by atoms with E-state index in [0.717, 1.165) is 0 Å². The van der Waals surface area contributed by atoms with E-state index >= 15 is 0 Å². The molecule has 128 valence electrons. The smallest absolute Gasteiger partial charge is 4.00 e. The standard InChI is InChI=1S/4AsH3O4.3Sn/c4*2-1(3,4)5;;;/h4*(H3,2,3,4,5);;;/q;;;;3*+4/p-12. The van der Waals surface area contributed by atoms with Crippen molar-refractivity contribution in [3.05, 3.63) is 0 Å². The maximum Gasteiger partial charge on any atom is 4.00 e. The first kappa shape index (κ1) is 45.2. The van der Waals surface area contributed by atoms with Gasteiger partial charge >= 0.3 is 194 Å². The summed E-state index contributed by atoms with van der Waals surface area (Å²) in [4.78, 5) is 0. The second-order valence-electron chi connectivity index (χ2n) is 1.79. The largest absolute Gasteiger partial charge is 4.00 e. The molecule has 16 nitrogen and oxygen atoms in total. The van der Waals surface area contributed by atoms with Gasteiger partial charge in [-0.15, -0.1) is 0 Å². The SMILES string of the molecule is O=[As]([O-])([O-])[O-].O=[As]([O-])([O-])[O-].O=[As]([O-])([O-])[O-].O=[As]([O-])([O-])[O-].[Sn+4].[Sn+4].[Sn+4]. The summed E-state index contributed by atoms with van der Waals surface area (Å²) in [5.41, 5.74) is 0. The molecular weight excluding hydrogens is 912 g/mol. The molecule has 0 fully saturated rings. The van der Waals surface area contributed by atoms with E-state index in [-0.39, 0.29) is 71.7 Å². The predicted octanol–water partition coefficient (Wildman–Crippen LogP) is -17.4. The summed E-state index contributed by atoms with van der Waals surface area (Å²) in [5.74, 6) is 0. The first-order chi connectivity index (χ1) is 8.00. The van der Waals surface area contributed by atoms with Crippen molar-refractivity contribution in [1.29, 1.82) is 0 Å². The molecule has 0 aromatic carbocycles. The van der Waals surface area contributed by atoms with Crippen LogP contribution in [0.2, 0.25) is 0 Å². The average Bonchev–Trinajstić information content (AvgIpc) is 1.62. The van der Waals surface area contributed by atoms with Crippen molar-refractivity contribution in [3.63, 3.8) is 0 Å². The summed E-state index contributed by atoms with van der Waals surface area (Å²) >= 11 is -23.5. The van der Waals surface area contributed by atoms with E-state index < -0.39 is 58.1 Å². The van der Waals surface area contributed by atoms with E-state index in [1.807, 2.05) is 0 Å². The van der Waals surface area contributed by atoms with Crippen molar-refractivity contribution in [2.24, 2.45) is 0 Å². The van der Waals surface area contributed by atoms with Gasteiger partial charge in [0.2, 0.25) is 0 Å².